The van der Waals surface area contributed by atoms with E-state index in [0.717, 1.165) is 42.5 Å². The molecule has 1 saturated heterocycles. The number of hydrogen-bond donors (Lipinski definition) is 1. The van der Waals surface area contributed by atoms with Gasteiger partial charge >= 0.3 is 0 Å². The Morgan fingerprint density at radius 1 is 1.15 bits per heavy atom. The van der Waals surface area contributed by atoms with Crippen molar-refractivity contribution >= 4 is 39.6 Å². The summed E-state index contributed by atoms with van der Waals surface area (Å²) in [6.45, 7) is 5.89. The summed E-state index contributed by atoms with van der Waals surface area (Å²) < 4.78 is 4.23. The van der Waals surface area contributed by atoms with Crippen molar-refractivity contribution in [1.82, 2.24) is 4.37 Å². The minimum Gasteiger partial charge on any atom is -0.383 e. The minimum atomic E-state index is 0.651. The van der Waals surface area contributed by atoms with Crippen LogP contribution in [0.4, 0.5) is 16.5 Å². The van der Waals surface area contributed by atoms with E-state index in [0.29, 0.717) is 5.82 Å². The third-order valence-electron chi connectivity index (χ3n) is 3.70. The maximum absolute atomic E-state index is 6.26. The van der Waals surface area contributed by atoms with Gasteiger partial charge in [-0.1, -0.05) is 23.7 Å². The quantitative estimate of drug-likeness (QED) is 0.926. The van der Waals surface area contributed by atoms with Gasteiger partial charge in [0.2, 0.25) is 0 Å². The number of aromatic nitrogens is 1. The molecule has 20 heavy (non-hydrogen) atoms. The van der Waals surface area contributed by atoms with Gasteiger partial charge in [0.15, 0.2) is 0 Å². The number of halogens is 1. The number of nitrogen functional groups attached to an aromatic ring is 1. The van der Waals surface area contributed by atoms with Crippen LogP contribution in [-0.4, -0.2) is 30.6 Å². The van der Waals surface area contributed by atoms with Crippen molar-refractivity contribution in [3.8, 4) is 0 Å². The number of benzene rings is 1. The third kappa shape index (κ3) is 2.43. The molecule has 1 aliphatic rings. The average molecular weight is 309 g/mol. The summed E-state index contributed by atoms with van der Waals surface area (Å²) in [6.07, 6.45) is 0. The highest BCUT2D eigenvalue weighted by molar-refractivity contribution is 7.10. The highest BCUT2D eigenvalue weighted by atomic mass is 35.5. The second-order valence-electron chi connectivity index (χ2n) is 4.92. The van der Waals surface area contributed by atoms with Crippen LogP contribution >= 0.6 is 23.1 Å². The summed E-state index contributed by atoms with van der Waals surface area (Å²) in [6, 6.07) is 8.01. The molecule has 2 aromatic rings. The Hall–Kier alpha value is -1.46. The predicted molar refractivity (Wildman–Crippen MR) is 87.1 cm³/mol. The first-order valence-electron chi connectivity index (χ1n) is 6.63. The summed E-state index contributed by atoms with van der Waals surface area (Å²) in [5.41, 5.74) is 8.05. The van der Waals surface area contributed by atoms with Gasteiger partial charge in [-0.3, -0.25) is 0 Å². The Labute approximate surface area is 127 Å². The second kappa shape index (κ2) is 5.50. The molecule has 1 fully saturated rings. The topological polar surface area (TPSA) is 45.4 Å². The molecule has 0 spiro atoms. The number of rotatable bonds is 2. The molecule has 0 atom stereocenters. The Morgan fingerprint density at radius 3 is 2.40 bits per heavy atom. The first kappa shape index (κ1) is 13.5. The van der Waals surface area contributed by atoms with Crippen molar-refractivity contribution in [1.29, 1.82) is 0 Å². The van der Waals surface area contributed by atoms with Gasteiger partial charge in [0.1, 0.15) is 10.8 Å². The Balaban J connectivity index is 1.71. The molecule has 0 amide bonds. The highest BCUT2D eigenvalue weighted by Gasteiger charge is 2.22. The predicted octanol–water partition coefficient (Wildman–Crippen LogP) is 3.01. The van der Waals surface area contributed by atoms with Crippen LogP contribution in [0.2, 0.25) is 5.02 Å². The molecule has 2 heterocycles. The van der Waals surface area contributed by atoms with E-state index in [2.05, 4.69) is 20.2 Å². The van der Waals surface area contributed by atoms with Gasteiger partial charge in [-0.15, -0.1) is 0 Å². The summed E-state index contributed by atoms with van der Waals surface area (Å²) in [7, 11) is 0. The number of nitrogens with zero attached hydrogens (tertiary/aromatic N) is 3. The van der Waals surface area contributed by atoms with Crippen LogP contribution in [0.1, 0.15) is 5.56 Å². The van der Waals surface area contributed by atoms with E-state index in [4.69, 9.17) is 17.3 Å². The van der Waals surface area contributed by atoms with Crippen molar-refractivity contribution in [2.75, 3.05) is 41.7 Å². The fourth-order valence-electron chi connectivity index (χ4n) is 2.49. The minimum absolute atomic E-state index is 0.651. The lowest BCUT2D eigenvalue weighted by atomic mass is 10.2. The maximum Gasteiger partial charge on any atom is 0.142 e. The lowest BCUT2D eigenvalue weighted by Gasteiger charge is -2.37. The zero-order valence-electron chi connectivity index (χ0n) is 11.3. The van der Waals surface area contributed by atoms with Crippen molar-refractivity contribution in [2.45, 2.75) is 6.92 Å². The lowest BCUT2D eigenvalue weighted by molar-refractivity contribution is 0.656. The van der Waals surface area contributed by atoms with Crippen LogP contribution in [0.25, 0.3) is 0 Å². The van der Waals surface area contributed by atoms with Crippen molar-refractivity contribution in [3.05, 3.63) is 34.9 Å². The zero-order valence-corrected chi connectivity index (χ0v) is 12.9. The van der Waals surface area contributed by atoms with E-state index in [1.807, 2.05) is 25.1 Å². The van der Waals surface area contributed by atoms with E-state index in [1.54, 1.807) is 0 Å². The maximum atomic E-state index is 6.26. The van der Waals surface area contributed by atoms with Gasteiger partial charge in [0, 0.05) is 31.7 Å². The summed E-state index contributed by atoms with van der Waals surface area (Å²) in [4.78, 5) is 4.69. The molecule has 3 rings (SSSR count). The molecule has 106 valence electrons. The molecule has 1 aromatic heterocycles. The van der Waals surface area contributed by atoms with Crippen molar-refractivity contribution in [2.24, 2.45) is 0 Å². The fraction of sp³-hybridized carbons (Fsp3) is 0.357. The van der Waals surface area contributed by atoms with Gasteiger partial charge in [0.25, 0.3) is 0 Å². The molecular weight excluding hydrogens is 292 g/mol. The molecule has 0 aliphatic carbocycles. The van der Waals surface area contributed by atoms with E-state index in [9.17, 15) is 0 Å². The first-order chi connectivity index (χ1) is 9.66. The Kier molecular flexibility index (Phi) is 3.72. The molecule has 1 aromatic carbocycles. The summed E-state index contributed by atoms with van der Waals surface area (Å²) in [5, 5.41) is 2.01. The van der Waals surface area contributed by atoms with Crippen LogP contribution in [0.15, 0.2) is 24.3 Å². The second-order valence-corrected chi connectivity index (χ2v) is 6.08. The average Bonchev–Trinajstić information content (AvgIpc) is 2.80. The van der Waals surface area contributed by atoms with Crippen LogP contribution in [0, 0.1) is 6.92 Å². The highest BCUT2D eigenvalue weighted by Crippen LogP contribution is 2.32. The molecule has 4 nitrogen and oxygen atoms in total. The molecular formula is C14H17ClN4S. The van der Waals surface area contributed by atoms with Gasteiger partial charge in [-0.05, 0) is 30.6 Å². The molecule has 0 saturated carbocycles. The molecule has 2 N–H and O–H groups in total. The monoisotopic (exact) mass is 308 g/mol. The molecule has 6 heteroatoms. The van der Waals surface area contributed by atoms with Gasteiger partial charge in [-0.25, -0.2) is 0 Å². The zero-order chi connectivity index (χ0) is 14.1. The Bertz CT molecular complexity index is 605. The molecule has 0 bridgehead atoms. The third-order valence-corrected chi connectivity index (χ3v) is 5.04. The summed E-state index contributed by atoms with van der Waals surface area (Å²) >= 11 is 7.75. The van der Waals surface area contributed by atoms with E-state index < -0.39 is 0 Å². The number of piperazine rings is 1. The largest absolute Gasteiger partial charge is 0.383 e. The van der Waals surface area contributed by atoms with E-state index in [-0.39, 0.29) is 0 Å². The summed E-state index contributed by atoms with van der Waals surface area (Å²) in [5.74, 6) is 0.651. The van der Waals surface area contributed by atoms with Gasteiger partial charge in [-0.2, -0.15) is 4.37 Å². The van der Waals surface area contributed by atoms with Crippen LogP contribution in [0.5, 0.6) is 0 Å². The van der Waals surface area contributed by atoms with E-state index in [1.165, 1.54) is 16.5 Å². The van der Waals surface area contributed by atoms with Crippen molar-refractivity contribution in [3.63, 3.8) is 0 Å². The number of hydrogen-bond acceptors (Lipinski definition) is 5. The molecule has 1 aliphatic heterocycles. The lowest BCUT2D eigenvalue weighted by Crippen LogP contribution is -2.46. The SMILES string of the molecule is Cc1c(N)nsc1N1CCN(c2ccccc2Cl)CC1. The van der Waals surface area contributed by atoms with Gasteiger partial charge < -0.3 is 15.5 Å². The first-order valence-corrected chi connectivity index (χ1v) is 7.78. The van der Waals surface area contributed by atoms with Crippen LogP contribution < -0.4 is 15.5 Å². The number of para-hydroxylation sites is 1. The fourth-order valence-corrected chi connectivity index (χ4v) is 3.61. The van der Waals surface area contributed by atoms with Crippen LogP contribution in [0.3, 0.4) is 0 Å². The standard InChI is InChI=1S/C14H17ClN4S/c1-10-13(16)17-20-14(10)19-8-6-18(7-9-19)12-5-3-2-4-11(12)15/h2-5H,6-9H2,1H3,(H2,16,17). The van der Waals surface area contributed by atoms with Gasteiger partial charge in [0.05, 0.1) is 10.7 Å². The number of anilines is 3. The van der Waals surface area contributed by atoms with Crippen LogP contribution in [-0.2, 0) is 0 Å². The Morgan fingerprint density at radius 2 is 1.80 bits per heavy atom. The smallest absolute Gasteiger partial charge is 0.142 e. The number of nitrogens with two attached hydrogens (primary N) is 1. The van der Waals surface area contributed by atoms with Crippen molar-refractivity contribution < 1.29 is 0 Å². The normalized spacial score (nSPS) is 15.7. The molecule has 0 radical (unpaired) electrons. The van der Waals surface area contributed by atoms with E-state index >= 15 is 0 Å². The molecule has 0 unspecified atom stereocenters.